The molecule has 14 nitrogen and oxygen atoms in total. The van der Waals surface area contributed by atoms with Crippen LogP contribution in [0.4, 0.5) is 20.2 Å². The number of benzene rings is 2. The summed E-state index contributed by atoms with van der Waals surface area (Å²) in [5, 5.41) is 14.0. The molecule has 1 saturated carbocycles. The van der Waals surface area contributed by atoms with Gasteiger partial charge in [0, 0.05) is 55.6 Å². The maximum Gasteiger partial charge on any atom is 0.438 e. The predicted molar refractivity (Wildman–Crippen MR) is 237 cm³/mol. The predicted octanol–water partition coefficient (Wildman–Crippen LogP) is 8.50. The number of amides is 1. The number of H-pyrrole nitrogens is 1. The molecule has 1 N–H and O–H groups in total. The fourth-order valence-corrected chi connectivity index (χ4v) is 10.5. The molecule has 0 unspecified atom stereocenters. The van der Waals surface area contributed by atoms with Gasteiger partial charge in [0.15, 0.2) is 11.6 Å². The Hall–Kier alpha value is -6.81. The zero-order chi connectivity index (χ0) is 44.6. The monoisotopic (exact) mass is 866 g/mol. The molecule has 1 aliphatic carbocycles. The first kappa shape index (κ1) is 40.0. The zero-order valence-corrected chi connectivity index (χ0v) is 36.6. The Bertz CT molecular complexity index is 3180. The van der Waals surface area contributed by atoms with Crippen molar-refractivity contribution in [1.29, 1.82) is 0 Å². The smallest absolute Gasteiger partial charge is 0.376 e. The van der Waals surface area contributed by atoms with E-state index in [1.54, 1.807) is 54.9 Å². The highest BCUT2D eigenvalue weighted by Crippen LogP contribution is 2.54. The molecule has 1 amide bonds. The van der Waals surface area contributed by atoms with Crippen molar-refractivity contribution in [3.8, 4) is 11.3 Å². The molecule has 2 fully saturated rings. The Labute approximate surface area is 367 Å². The van der Waals surface area contributed by atoms with E-state index in [0.717, 1.165) is 29.7 Å². The summed E-state index contributed by atoms with van der Waals surface area (Å²) in [6.45, 7) is 15.5. The summed E-state index contributed by atoms with van der Waals surface area (Å²) < 4.78 is 48.0. The zero-order valence-electron chi connectivity index (χ0n) is 36.6. The van der Waals surface area contributed by atoms with Crippen molar-refractivity contribution < 1.29 is 22.8 Å². The van der Waals surface area contributed by atoms with E-state index in [1.807, 2.05) is 45.9 Å². The summed E-state index contributed by atoms with van der Waals surface area (Å²) in [7, 11) is 1.77. The fourth-order valence-electron chi connectivity index (χ4n) is 10.5. The van der Waals surface area contributed by atoms with E-state index >= 15 is 13.6 Å². The topological polar surface area (TPSA) is 135 Å². The molecule has 328 valence electrons. The largest absolute Gasteiger partial charge is 0.438 e. The van der Waals surface area contributed by atoms with Crippen molar-refractivity contribution >= 4 is 33.7 Å². The van der Waals surface area contributed by atoms with Crippen LogP contribution in [-0.2, 0) is 23.7 Å². The average molecular weight is 867 g/mol. The molecule has 2 atom stereocenters. The van der Waals surface area contributed by atoms with Crippen LogP contribution in [0, 0.1) is 25.5 Å². The lowest BCUT2D eigenvalue weighted by Gasteiger charge is -2.36. The van der Waals surface area contributed by atoms with Gasteiger partial charge in [0.1, 0.15) is 17.3 Å². The van der Waals surface area contributed by atoms with Crippen LogP contribution in [0.5, 0.6) is 0 Å². The maximum atomic E-state index is 16.2. The van der Waals surface area contributed by atoms with E-state index in [0.29, 0.717) is 94.4 Å². The molecule has 3 aliphatic heterocycles. The average Bonchev–Trinajstić information content (AvgIpc) is 3.72. The minimum Gasteiger partial charge on any atom is -0.376 e. The molecular formula is C48H48F2N10O4. The highest BCUT2D eigenvalue weighted by Gasteiger charge is 2.54. The van der Waals surface area contributed by atoms with Gasteiger partial charge in [0.2, 0.25) is 0 Å². The van der Waals surface area contributed by atoms with Crippen LogP contribution in [-0.4, -0.2) is 63.7 Å². The van der Waals surface area contributed by atoms with Gasteiger partial charge in [-0.15, -0.1) is 0 Å². The Kier molecular flexibility index (Phi) is 8.81. The van der Waals surface area contributed by atoms with Gasteiger partial charge >= 0.3 is 5.76 Å². The lowest BCUT2D eigenvalue weighted by molar-refractivity contribution is -0.0593. The van der Waals surface area contributed by atoms with Crippen molar-refractivity contribution in [2.75, 3.05) is 23.0 Å². The SMILES string of the molecule is C=C1N(c2ccc3c(cnn3C)c2F)C=CN1c1c(-c2cc(C)c(F)c(C)c2)nn2c1[C@@H](C)N(C(=O)c1cc3cc([C@@H]4CCOC(C)(C)C4)ccn3c1C1(c3noc(=O)[nH]3)CC1)CC2. The normalized spacial score (nSPS) is 20.2. The molecule has 0 radical (unpaired) electrons. The van der Waals surface area contributed by atoms with Crippen molar-refractivity contribution in [3.05, 3.63) is 141 Å². The van der Waals surface area contributed by atoms with Gasteiger partial charge in [-0.2, -0.15) is 10.2 Å². The summed E-state index contributed by atoms with van der Waals surface area (Å²) in [4.78, 5) is 36.1. The van der Waals surface area contributed by atoms with Crippen LogP contribution in [0.25, 0.3) is 27.7 Å². The van der Waals surface area contributed by atoms with Crippen molar-refractivity contribution in [2.24, 2.45) is 7.05 Å². The summed E-state index contributed by atoms with van der Waals surface area (Å²) in [6, 6.07) is 12.8. The number of hydrogen-bond acceptors (Lipinski definition) is 9. The number of aryl methyl sites for hydroxylation is 3. The second-order valence-corrected chi connectivity index (χ2v) is 18.4. The minimum atomic E-state index is -0.737. The Morgan fingerprint density at radius 1 is 1.00 bits per heavy atom. The molecular weight excluding hydrogens is 819 g/mol. The molecule has 0 spiro atoms. The second-order valence-electron chi connectivity index (χ2n) is 18.4. The molecule has 64 heavy (non-hydrogen) atoms. The maximum absolute atomic E-state index is 16.2. The molecule has 2 aromatic carbocycles. The van der Waals surface area contributed by atoms with Gasteiger partial charge in [-0.05, 0) is 125 Å². The van der Waals surface area contributed by atoms with Gasteiger partial charge in [-0.1, -0.05) is 11.7 Å². The van der Waals surface area contributed by atoms with E-state index in [9.17, 15) is 4.79 Å². The molecule has 7 aromatic rings. The van der Waals surface area contributed by atoms with Crippen molar-refractivity contribution in [3.63, 3.8) is 0 Å². The Morgan fingerprint density at radius 3 is 2.48 bits per heavy atom. The highest BCUT2D eigenvalue weighted by molar-refractivity contribution is 5.99. The number of anilines is 2. The van der Waals surface area contributed by atoms with Gasteiger partial charge in [-0.25, -0.2) is 13.6 Å². The van der Waals surface area contributed by atoms with E-state index in [-0.39, 0.29) is 23.2 Å². The number of halogens is 2. The molecule has 16 heteroatoms. The molecule has 5 aromatic heterocycles. The third-order valence-corrected chi connectivity index (χ3v) is 13.9. The van der Waals surface area contributed by atoms with Gasteiger partial charge in [0.25, 0.3) is 5.91 Å². The first-order valence-corrected chi connectivity index (χ1v) is 21.7. The number of nitrogens with one attached hydrogen (secondary N) is 1. The Balaban J connectivity index is 1.02. The van der Waals surface area contributed by atoms with Gasteiger partial charge < -0.3 is 14.0 Å². The lowest BCUT2D eigenvalue weighted by atomic mass is 9.84. The highest BCUT2D eigenvalue weighted by atomic mass is 19.1. The standard InChI is InChI=1S/C48H48F2N10O4/c1-26-20-32(21-27(2)38(26)49)40-42(58-16-15-57(29(58)4)37-9-8-36-35(39(37)50)25-51-55(36)7)41-28(3)56(17-18-60(41)53-40)44(61)34-23-33-22-30(31-11-19-63-47(5,6)24-31)10-14-59(33)43(34)48(12-13-48)45-52-46(62)64-54-45/h8-10,14-16,20-23,25,28,31H,4,11-13,17-19,24H2,1-3,5-7H3,(H,52,54,62)/t28-,31-/m1/s1. The van der Waals surface area contributed by atoms with E-state index < -0.39 is 23.0 Å². The summed E-state index contributed by atoms with van der Waals surface area (Å²) >= 11 is 0. The number of fused-ring (bicyclic) bond motifs is 3. The lowest BCUT2D eigenvalue weighted by Crippen LogP contribution is -2.42. The quantitative estimate of drug-likeness (QED) is 0.167. The minimum absolute atomic E-state index is 0.185. The summed E-state index contributed by atoms with van der Waals surface area (Å²) in [5.74, 6) is -0.443. The van der Waals surface area contributed by atoms with Crippen molar-refractivity contribution in [1.82, 2.24) is 39.0 Å². The number of nitrogens with zero attached hydrogens (tertiary/aromatic N) is 9. The number of aromatic amines is 1. The van der Waals surface area contributed by atoms with Crippen LogP contribution in [0.1, 0.15) is 103 Å². The number of ether oxygens (including phenoxy) is 1. The number of carbonyl (C=O) groups is 1. The van der Waals surface area contributed by atoms with Crippen LogP contribution in [0.3, 0.4) is 0 Å². The fraction of sp³-hybridized carbons (Fsp3) is 0.354. The van der Waals surface area contributed by atoms with Crippen LogP contribution >= 0.6 is 0 Å². The summed E-state index contributed by atoms with van der Waals surface area (Å²) in [6.07, 6.45) is 10.2. The van der Waals surface area contributed by atoms with Crippen LogP contribution in [0.2, 0.25) is 0 Å². The van der Waals surface area contributed by atoms with Gasteiger partial charge in [-0.3, -0.25) is 33.5 Å². The third kappa shape index (κ3) is 6.01. The molecule has 4 aliphatic rings. The molecule has 0 bridgehead atoms. The first-order chi connectivity index (χ1) is 30.6. The molecule has 1 saturated heterocycles. The van der Waals surface area contributed by atoms with E-state index in [1.165, 1.54) is 11.8 Å². The number of rotatable bonds is 7. The third-order valence-electron chi connectivity index (χ3n) is 13.9. The van der Waals surface area contributed by atoms with Crippen LogP contribution < -0.4 is 15.6 Å². The molecule has 8 heterocycles. The van der Waals surface area contributed by atoms with Crippen molar-refractivity contribution in [2.45, 2.75) is 89.8 Å². The number of hydrogen-bond donors (Lipinski definition) is 1. The Morgan fingerprint density at radius 2 is 1.77 bits per heavy atom. The van der Waals surface area contributed by atoms with Gasteiger partial charge in [0.05, 0.1) is 63.3 Å². The van der Waals surface area contributed by atoms with E-state index in [2.05, 4.69) is 52.2 Å². The number of aromatic nitrogens is 7. The number of pyridine rings is 1. The second kappa shape index (κ2) is 14.1. The summed E-state index contributed by atoms with van der Waals surface area (Å²) in [5.41, 5.74) is 6.88. The molecule has 11 rings (SSSR count). The first-order valence-electron chi connectivity index (χ1n) is 21.7. The van der Waals surface area contributed by atoms with Crippen LogP contribution in [0.15, 0.2) is 89.0 Å². The number of carbonyl (C=O) groups excluding carboxylic acids is 1. The van der Waals surface area contributed by atoms with E-state index in [4.69, 9.17) is 14.4 Å².